The minimum atomic E-state index is -0.309. The van der Waals surface area contributed by atoms with Gasteiger partial charge < -0.3 is 15.0 Å². The molecule has 0 radical (unpaired) electrons. The molecule has 2 rings (SSSR count). The van der Waals surface area contributed by atoms with Crippen LogP contribution in [0.1, 0.15) is 23.7 Å². The molecule has 0 saturated heterocycles. The van der Waals surface area contributed by atoms with Crippen LogP contribution in [-0.2, 0) is 9.53 Å². The Hall–Kier alpha value is -1.22. The van der Waals surface area contributed by atoms with Crippen LogP contribution in [-0.4, -0.2) is 41.5 Å². The molecule has 0 spiro atoms. The molecule has 0 fully saturated rings. The maximum Gasteiger partial charge on any atom is 0.307 e. The fourth-order valence-corrected chi connectivity index (χ4v) is 2.80. The number of benzene rings is 1. The molecule has 0 bridgehead atoms. The van der Waals surface area contributed by atoms with Crippen LogP contribution in [0.2, 0.25) is 0 Å². The van der Waals surface area contributed by atoms with Crippen molar-refractivity contribution in [2.75, 3.05) is 25.0 Å². The lowest BCUT2D eigenvalue weighted by Crippen LogP contribution is -2.36. The first-order valence-electron chi connectivity index (χ1n) is 6.55. The van der Waals surface area contributed by atoms with Crippen LogP contribution in [0.3, 0.4) is 0 Å². The van der Waals surface area contributed by atoms with Crippen LogP contribution in [0.15, 0.2) is 18.2 Å². The molecular formula is C14H15IN2O3S. The number of hydrogen-bond donors (Lipinski definition) is 1. The maximum absolute atomic E-state index is 12.6. The summed E-state index contributed by atoms with van der Waals surface area (Å²) in [5.74, 6) is -0.434. The zero-order valence-corrected chi connectivity index (χ0v) is 14.5. The molecule has 0 atom stereocenters. The fourth-order valence-electron chi connectivity index (χ4n) is 2.05. The van der Waals surface area contributed by atoms with Gasteiger partial charge in [0.25, 0.3) is 5.91 Å². The summed E-state index contributed by atoms with van der Waals surface area (Å²) in [7, 11) is 0. The molecule has 0 aliphatic carbocycles. The number of ether oxygens (including phenoxy) is 1. The average molecular weight is 418 g/mol. The first-order valence-corrected chi connectivity index (χ1v) is 8.04. The van der Waals surface area contributed by atoms with E-state index in [2.05, 4.69) is 27.9 Å². The summed E-state index contributed by atoms with van der Waals surface area (Å²) in [6.07, 6.45) is 0.168. The van der Waals surface area contributed by atoms with E-state index in [1.54, 1.807) is 11.8 Å². The van der Waals surface area contributed by atoms with E-state index in [1.165, 1.54) is 0 Å². The van der Waals surface area contributed by atoms with Gasteiger partial charge in [-0.15, -0.1) is 0 Å². The number of anilines is 1. The molecule has 1 aliphatic rings. The Morgan fingerprint density at radius 2 is 2.29 bits per heavy atom. The minimum Gasteiger partial charge on any atom is -0.466 e. The van der Waals surface area contributed by atoms with Gasteiger partial charge >= 0.3 is 5.97 Å². The standard InChI is InChI=1S/C14H15IN2O3S/c1-2-20-13(18)5-6-17-8-12(21)16-11-4-3-9(15)7-10(11)14(17)19/h3-4,7H,2,5-6,8H2,1H3,(H,16,21). The van der Waals surface area contributed by atoms with Crippen LogP contribution < -0.4 is 5.32 Å². The normalized spacial score (nSPS) is 14.3. The lowest BCUT2D eigenvalue weighted by atomic mass is 10.1. The molecule has 0 aromatic heterocycles. The summed E-state index contributed by atoms with van der Waals surface area (Å²) in [6.45, 7) is 2.70. The van der Waals surface area contributed by atoms with Crippen LogP contribution >= 0.6 is 34.8 Å². The molecule has 1 aliphatic heterocycles. The molecule has 1 aromatic carbocycles. The molecular weight excluding hydrogens is 403 g/mol. The summed E-state index contributed by atoms with van der Waals surface area (Å²) >= 11 is 7.40. The van der Waals surface area contributed by atoms with Gasteiger partial charge in [0.2, 0.25) is 0 Å². The van der Waals surface area contributed by atoms with Crippen molar-refractivity contribution in [2.24, 2.45) is 0 Å². The zero-order valence-electron chi connectivity index (χ0n) is 11.5. The third kappa shape index (κ3) is 4.13. The van der Waals surface area contributed by atoms with Gasteiger partial charge in [0.1, 0.15) is 0 Å². The molecule has 5 nitrogen and oxygen atoms in total. The van der Waals surface area contributed by atoms with Gasteiger partial charge in [0.05, 0.1) is 35.8 Å². The Morgan fingerprint density at radius 1 is 1.52 bits per heavy atom. The summed E-state index contributed by atoms with van der Waals surface area (Å²) in [5.41, 5.74) is 1.29. The molecule has 1 aromatic rings. The lowest BCUT2D eigenvalue weighted by molar-refractivity contribution is -0.143. The molecule has 0 unspecified atom stereocenters. The van der Waals surface area contributed by atoms with Crippen molar-refractivity contribution in [3.8, 4) is 0 Å². The van der Waals surface area contributed by atoms with Crippen LogP contribution in [0.5, 0.6) is 0 Å². The molecule has 0 saturated carbocycles. The van der Waals surface area contributed by atoms with Crippen molar-refractivity contribution in [3.63, 3.8) is 0 Å². The number of hydrogen-bond acceptors (Lipinski definition) is 4. The van der Waals surface area contributed by atoms with Gasteiger partial charge in [-0.3, -0.25) is 9.59 Å². The highest BCUT2D eigenvalue weighted by Gasteiger charge is 2.25. The van der Waals surface area contributed by atoms with Gasteiger partial charge in [-0.1, -0.05) is 12.2 Å². The Kier molecular flexibility index (Phi) is 5.51. The maximum atomic E-state index is 12.6. The molecule has 21 heavy (non-hydrogen) atoms. The summed E-state index contributed by atoms with van der Waals surface area (Å²) in [6, 6.07) is 5.57. The number of halogens is 1. The highest BCUT2D eigenvalue weighted by Crippen LogP contribution is 2.23. The SMILES string of the molecule is CCOC(=O)CCN1CC(=S)Nc2ccc(I)cc2C1=O. The van der Waals surface area contributed by atoms with Gasteiger partial charge in [0.15, 0.2) is 0 Å². The third-order valence-corrected chi connectivity index (χ3v) is 3.90. The predicted octanol–water partition coefficient (Wildman–Crippen LogP) is 2.44. The topological polar surface area (TPSA) is 58.6 Å². The van der Waals surface area contributed by atoms with Crippen LogP contribution in [0, 0.1) is 3.57 Å². The smallest absolute Gasteiger partial charge is 0.307 e. The Labute approximate surface area is 142 Å². The van der Waals surface area contributed by atoms with Crippen LogP contribution in [0.25, 0.3) is 0 Å². The number of amides is 1. The van der Waals surface area contributed by atoms with E-state index in [0.717, 1.165) is 3.57 Å². The molecule has 1 amide bonds. The third-order valence-electron chi connectivity index (χ3n) is 3.00. The quantitative estimate of drug-likeness (QED) is 0.463. The Bertz CT molecular complexity index is 592. The van der Waals surface area contributed by atoms with Crippen molar-refractivity contribution in [1.29, 1.82) is 0 Å². The van der Waals surface area contributed by atoms with Gasteiger partial charge in [-0.25, -0.2) is 0 Å². The van der Waals surface area contributed by atoms with E-state index < -0.39 is 0 Å². The van der Waals surface area contributed by atoms with E-state index in [-0.39, 0.29) is 18.3 Å². The monoisotopic (exact) mass is 418 g/mol. The van der Waals surface area contributed by atoms with Crippen molar-refractivity contribution in [2.45, 2.75) is 13.3 Å². The zero-order chi connectivity index (χ0) is 15.4. The van der Waals surface area contributed by atoms with E-state index in [0.29, 0.717) is 35.9 Å². The molecule has 1 N–H and O–H groups in total. The second kappa shape index (κ2) is 7.17. The predicted molar refractivity (Wildman–Crippen MR) is 92.5 cm³/mol. The largest absolute Gasteiger partial charge is 0.466 e. The lowest BCUT2D eigenvalue weighted by Gasteiger charge is -2.19. The minimum absolute atomic E-state index is 0.125. The first-order chi connectivity index (χ1) is 10.0. The van der Waals surface area contributed by atoms with Crippen molar-refractivity contribution in [1.82, 2.24) is 4.90 Å². The molecule has 1 heterocycles. The number of thiocarbonyl (C=S) groups is 1. The van der Waals surface area contributed by atoms with Gasteiger partial charge in [-0.05, 0) is 47.7 Å². The Balaban J connectivity index is 2.17. The summed E-state index contributed by atoms with van der Waals surface area (Å²) < 4.78 is 5.86. The first kappa shape index (κ1) is 16.2. The second-order valence-corrected chi connectivity index (χ2v) is 6.26. The highest BCUT2D eigenvalue weighted by molar-refractivity contribution is 14.1. The average Bonchev–Trinajstić information content (AvgIpc) is 2.55. The van der Waals surface area contributed by atoms with Crippen molar-refractivity contribution >= 4 is 57.4 Å². The second-order valence-electron chi connectivity index (χ2n) is 4.52. The molecule has 112 valence electrons. The fraction of sp³-hybridized carbons (Fsp3) is 0.357. The number of nitrogens with zero attached hydrogens (tertiary/aromatic N) is 1. The number of esters is 1. The number of carbonyl (C=O) groups excluding carboxylic acids is 2. The van der Waals surface area contributed by atoms with Gasteiger partial charge in [-0.2, -0.15) is 0 Å². The van der Waals surface area contributed by atoms with E-state index in [1.807, 2.05) is 18.2 Å². The number of carbonyl (C=O) groups is 2. The highest BCUT2D eigenvalue weighted by atomic mass is 127. The van der Waals surface area contributed by atoms with Crippen molar-refractivity contribution in [3.05, 3.63) is 27.3 Å². The summed E-state index contributed by atoms with van der Waals surface area (Å²) in [5, 5.41) is 3.07. The van der Waals surface area contributed by atoms with E-state index in [9.17, 15) is 9.59 Å². The number of fused-ring (bicyclic) bond motifs is 1. The number of rotatable bonds is 4. The van der Waals surface area contributed by atoms with E-state index in [4.69, 9.17) is 17.0 Å². The van der Waals surface area contributed by atoms with Crippen molar-refractivity contribution < 1.29 is 14.3 Å². The van der Waals surface area contributed by atoms with Crippen LogP contribution in [0.4, 0.5) is 5.69 Å². The van der Waals surface area contributed by atoms with E-state index >= 15 is 0 Å². The number of nitrogens with one attached hydrogen (secondary N) is 1. The molecule has 7 heteroatoms. The Morgan fingerprint density at radius 3 is 3.00 bits per heavy atom. The van der Waals surface area contributed by atoms with Gasteiger partial charge in [0, 0.05) is 10.1 Å². The summed E-state index contributed by atoms with van der Waals surface area (Å²) in [4.78, 5) is 26.2.